The van der Waals surface area contributed by atoms with Gasteiger partial charge in [0.25, 0.3) is 0 Å². The molecule has 0 aliphatic carbocycles. The Bertz CT molecular complexity index is 472. The fraction of sp³-hybridized carbons (Fsp3) is 0.250. The van der Waals surface area contributed by atoms with Gasteiger partial charge < -0.3 is 15.3 Å². The third-order valence-electron chi connectivity index (χ3n) is 2.47. The van der Waals surface area contributed by atoms with E-state index in [1.165, 1.54) is 0 Å². The van der Waals surface area contributed by atoms with Crippen molar-refractivity contribution in [3.63, 3.8) is 0 Å². The maximum atomic E-state index is 11.1. The van der Waals surface area contributed by atoms with Crippen LogP contribution in [0.4, 0.5) is 4.79 Å². The van der Waals surface area contributed by atoms with Crippen LogP contribution < -0.4 is 0 Å². The minimum Gasteiger partial charge on any atom is -0.481 e. The van der Waals surface area contributed by atoms with Gasteiger partial charge in [-0.15, -0.1) is 0 Å². The minimum atomic E-state index is -1.62. The van der Waals surface area contributed by atoms with Crippen molar-refractivity contribution in [2.45, 2.75) is 19.0 Å². The molecule has 102 valence electrons. The van der Waals surface area contributed by atoms with E-state index in [-0.39, 0.29) is 6.54 Å². The number of carboxylic acids is 2. The number of amides is 1. The lowest BCUT2D eigenvalue weighted by atomic mass is 10.1. The van der Waals surface area contributed by atoms with Crippen LogP contribution in [0.15, 0.2) is 30.3 Å². The summed E-state index contributed by atoms with van der Waals surface area (Å²) in [6.07, 6.45) is -2.26. The smallest absolute Gasteiger partial charge is 0.408 e. The van der Waals surface area contributed by atoms with Gasteiger partial charge in [0.2, 0.25) is 0 Å². The molecule has 1 amide bonds. The zero-order valence-corrected chi connectivity index (χ0v) is 9.89. The first-order valence-electron chi connectivity index (χ1n) is 5.40. The van der Waals surface area contributed by atoms with E-state index in [0.29, 0.717) is 10.5 Å². The highest BCUT2D eigenvalue weighted by atomic mass is 16.4. The van der Waals surface area contributed by atoms with Gasteiger partial charge in [-0.25, -0.2) is 9.59 Å². The molecule has 0 saturated carbocycles. The van der Waals surface area contributed by atoms with Crippen LogP contribution in [0.5, 0.6) is 0 Å². The minimum absolute atomic E-state index is 0.180. The monoisotopic (exact) mass is 267 g/mol. The molecule has 1 rings (SSSR count). The fourth-order valence-electron chi connectivity index (χ4n) is 1.59. The molecule has 0 fully saturated rings. The topological polar surface area (TPSA) is 115 Å². The maximum Gasteiger partial charge on any atom is 0.408 e. The Kier molecular flexibility index (Phi) is 4.87. The highest BCUT2D eigenvalue weighted by Crippen LogP contribution is 2.12. The Morgan fingerprint density at radius 1 is 1.05 bits per heavy atom. The summed E-state index contributed by atoms with van der Waals surface area (Å²) < 4.78 is 0. The van der Waals surface area contributed by atoms with E-state index in [1.54, 1.807) is 30.3 Å². The molecule has 0 unspecified atom stereocenters. The summed E-state index contributed by atoms with van der Waals surface area (Å²) >= 11 is 0. The average Bonchev–Trinajstić information content (AvgIpc) is 2.34. The fourth-order valence-corrected chi connectivity index (χ4v) is 1.59. The molecule has 0 bridgehead atoms. The molecule has 0 aromatic heterocycles. The van der Waals surface area contributed by atoms with Gasteiger partial charge in [-0.05, 0) is 5.56 Å². The van der Waals surface area contributed by atoms with E-state index in [2.05, 4.69) is 0 Å². The van der Waals surface area contributed by atoms with Crippen molar-refractivity contribution >= 4 is 18.0 Å². The lowest BCUT2D eigenvalue weighted by Crippen LogP contribution is -2.45. The van der Waals surface area contributed by atoms with Crippen molar-refractivity contribution in [2.75, 3.05) is 0 Å². The molecular formula is C12H13NO6. The Morgan fingerprint density at radius 3 is 2.05 bits per heavy atom. The van der Waals surface area contributed by atoms with Gasteiger partial charge in [0.05, 0.1) is 6.42 Å². The molecule has 1 aromatic carbocycles. The number of carbonyl (C=O) groups is 3. The molecule has 7 nitrogen and oxygen atoms in total. The van der Waals surface area contributed by atoms with E-state index < -0.39 is 30.5 Å². The van der Waals surface area contributed by atoms with Crippen molar-refractivity contribution in [1.82, 2.24) is 4.90 Å². The molecule has 0 heterocycles. The zero-order valence-electron chi connectivity index (χ0n) is 9.89. The van der Waals surface area contributed by atoms with Crippen molar-refractivity contribution in [3.8, 4) is 0 Å². The van der Waals surface area contributed by atoms with Crippen LogP contribution in [0.1, 0.15) is 12.0 Å². The van der Waals surface area contributed by atoms with Crippen LogP contribution in [-0.4, -0.2) is 44.3 Å². The predicted octanol–water partition coefficient (Wildman–Crippen LogP) is 1.09. The van der Waals surface area contributed by atoms with E-state index in [0.717, 1.165) is 0 Å². The second-order valence-corrected chi connectivity index (χ2v) is 3.85. The molecule has 0 radical (unpaired) electrons. The molecular weight excluding hydrogens is 254 g/mol. The number of carboxylic acid groups (broad SMARTS) is 3. The second kappa shape index (κ2) is 6.39. The number of rotatable bonds is 6. The van der Waals surface area contributed by atoms with Gasteiger partial charge >= 0.3 is 18.0 Å². The zero-order chi connectivity index (χ0) is 14.4. The van der Waals surface area contributed by atoms with Crippen molar-refractivity contribution < 1.29 is 29.7 Å². The van der Waals surface area contributed by atoms with Gasteiger partial charge in [-0.3, -0.25) is 9.69 Å². The summed E-state index contributed by atoms with van der Waals surface area (Å²) in [5.41, 5.74) is 0.585. The van der Waals surface area contributed by atoms with Crippen molar-refractivity contribution in [1.29, 1.82) is 0 Å². The van der Waals surface area contributed by atoms with Crippen LogP contribution in [0.2, 0.25) is 0 Å². The first kappa shape index (κ1) is 14.5. The second-order valence-electron chi connectivity index (χ2n) is 3.85. The van der Waals surface area contributed by atoms with E-state index in [9.17, 15) is 14.4 Å². The molecule has 0 saturated heterocycles. The number of hydrogen-bond donors (Lipinski definition) is 3. The molecule has 7 heteroatoms. The first-order valence-corrected chi connectivity index (χ1v) is 5.40. The van der Waals surface area contributed by atoms with Crippen LogP contribution in [0, 0.1) is 0 Å². The molecule has 1 atom stereocenters. The Labute approximate surface area is 108 Å². The summed E-state index contributed by atoms with van der Waals surface area (Å²) in [4.78, 5) is 33.3. The third-order valence-corrected chi connectivity index (χ3v) is 2.47. The quantitative estimate of drug-likeness (QED) is 0.710. The van der Waals surface area contributed by atoms with Crippen LogP contribution >= 0.6 is 0 Å². The molecule has 0 aliphatic rings. The van der Waals surface area contributed by atoms with Crippen molar-refractivity contribution in [2.24, 2.45) is 0 Å². The Balaban J connectivity index is 2.94. The number of aliphatic carboxylic acids is 2. The average molecular weight is 267 g/mol. The Morgan fingerprint density at radius 2 is 1.63 bits per heavy atom. The van der Waals surface area contributed by atoms with Gasteiger partial charge in [-0.1, -0.05) is 30.3 Å². The lowest BCUT2D eigenvalue weighted by molar-refractivity contribution is -0.149. The Hall–Kier alpha value is -2.57. The van der Waals surface area contributed by atoms with Crippen LogP contribution in [0.3, 0.4) is 0 Å². The predicted molar refractivity (Wildman–Crippen MR) is 63.7 cm³/mol. The third kappa shape index (κ3) is 4.30. The normalized spacial score (nSPS) is 11.6. The van der Waals surface area contributed by atoms with E-state index >= 15 is 0 Å². The standard InChI is InChI=1S/C12H13NO6/c14-10(15)6-9(11(16)17)13(12(18)19)7-8-4-2-1-3-5-8/h1-5,9H,6-7H2,(H,14,15)(H,16,17)(H,18,19)/t9-/m0/s1. The first-order chi connectivity index (χ1) is 8.91. The van der Waals surface area contributed by atoms with Gasteiger partial charge in [0.1, 0.15) is 6.04 Å². The number of benzene rings is 1. The molecule has 3 N–H and O–H groups in total. The van der Waals surface area contributed by atoms with Gasteiger partial charge in [0.15, 0.2) is 0 Å². The summed E-state index contributed by atoms with van der Waals surface area (Å²) in [6.45, 7) is -0.180. The number of hydrogen-bond acceptors (Lipinski definition) is 3. The highest BCUT2D eigenvalue weighted by Gasteiger charge is 2.31. The van der Waals surface area contributed by atoms with E-state index in [4.69, 9.17) is 15.3 Å². The van der Waals surface area contributed by atoms with E-state index in [1.807, 2.05) is 0 Å². The molecule has 0 aliphatic heterocycles. The summed E-state index contributed by atoms with van der Waals surface area (Å²) in [5.74, 6) is -2.85. The summed E-state index contributed by atoms with van der Waals surface area (Å²) in [5, 5.41) is 26.6. The SMILES string of the molecule is O=C(O)C[C@@H](C(=O)O)N(Cc1ccccc1)C(=O)O. The van der Waals surface area contributed by atoms with Crippen molar-refractivity contribution in [3.05, 3.63) is 35.9 Å². The molecule has 1 aromatic rings. The number of nitrogens with zero attached hydrogens (tertiary/aromatic N) is 1. The molecule has 19 heavy (non-hydrogen) atoms. The lowest BCUT2D eigenvalue weighted by Gasteiger charge is -2.25. The van der Waals surface area contributed by atoms with Gasteiger partial charge in [-0.2, -0.15) is 0 Å². The summed E-state index contributed by atoms with van der Waals surface area (Å²) in [6, 6.07) is 6.76. The largest absolute Gasteiger partial charge is 0.481 e. The molecule has 0 spiro atoms. The van der Waals surface area contributed by atoms with Crippen LogP contribution in [0.25, 0.3) is 0 Å². The highest BCUT2D eigenvalue weighted by molar-refractivity contribution is 5.84. The summed E-state index contributed by atoms with van der Waals surface area (Å²) in [7, 11) is 0. The van der Waals surface area contributed by atoms with Gasteiger partial charge in [0, 0.05) is 6.54 Å². The van der Waals surface area contributed by atoms with Crippen LogP contribution in [-0.2, 0) is 16.1 Å². The maximum absolute atomic E-state index is 11.1.